The summed E-state index contributed by atoms with van der Waals surface area (Å²) in [5.74, 6) is -1.70. The van der Waals surface area contributed by atoms with Crippen LogP contribution in [0.15, 0.2) is 42.1 Å². The number of sulfonamides is 1. The van der Waals surface area contributed by atoms with Gasteiger partial charge in [0.25, 0.3) is 0 Å². The molecule has 1 saturated heterocycles. The molecule has 36 heavy (non-hydrogen) atoms. The van der Waals surface area contributed by atoms with E-state index in [0.29, 0.717) is 30.0 Å². The Morgan fingerprint density at radius 1 is 1.31 bits per heavy atom. The Balaban J connectivity index is 1.69. The Labute approximate surface area is 209 Å². The molecule has 3 rings (SSSR count). The lowest BCUT2D eigenvalue weighted by atomic mass is 9.92. The lowest BCUT2D eigenvalue weighted by molar-refractivity contribution is -0.172. The van der Waals surface area contributed by atoms with E-state index in [0.717, 1.165) is 31.2 Å². The van der Waals surface area contributed by atoms with E-state index in [1.54, 1.807) is 6.92 Å². The second-order valence-electron chi connectivity index (χ2n) is 9.32. The molecule has 1 amide bonds. The van der Waals surface area contributed by atoms with Crippen LogP contribution in [-0.2, 0) is 14.8 Å². The van der Waals surface area contributed by atoms with Gasteiger partial charge in [-0.2, -0.15) is 13.2 Å². The quantitative estimate of drug-likeness (QED) is 0.443. The van der Waals surface area contributed by atoms with Gasteiger partial charge in [0.2, 0.25) is 15.9 Å². The molecule has 1 aromatic carbocycles. The summed E-state index contributed by atoms with van der Waals surface area (Å²) in [7, 11) is -3.66. The van der Waals surface area contributed by atoms with E-state index in [-0.39, 0.29) is 12.2 Å². The van der Waals surface area contributed by atoms with Crippen molar-refractivity contribution in [3.05, 3.63) is 53.5 Å². The smallest absolute Gasteiger partial charge is 0.351 e. The Morgan fingerprint density at radius 3 is 2.64 bits per heavy atom. The summed E-state index contributed by atoms with van der Waals surface area (Å²) in [5.41, 5.74) is 0.607. The highest BCUT2D eigenvalue weighted by molar-refractivity contribution is 7.92. The van der Waals surface area contributed by atoms with E-state index in [1.165, 1.54) is 29.3 Å². The SMILES string of the molecule is CCC1CCNC(N2C=C(CNC(=O)C(C)c3ccc(NS(C)(=O)=O)c(F)c3)C=CC2C(F)(F)F)C1. The molecule has 0 spiro atoms. The molecule has 4 atom stereocenters. The predicted molar refractivity (Wildman–Crippen MR) is 130 cm³/mol. The monoisotopic (exact) mass is 532 g/mol. The van der Waals surface area contributed by atoms with E-state index < -0.39 is 46.0 Å². The molecule has 0 radical (unpaired) electrons. The number of nitrogens with zero attached hydrogens (tertiary/aromatic N) is 1. The third-order valence-electron chi connectivity index (χ3n) is 6.54. The van der Waals surface area contributed by atoms with Gasteiger partial charge < -0.3 is 10.2 Å². The van der Waals surface area contributed by atoms with Gasteiger partial charge in [-0.1, -0.05) is 31.6 Å². The zero-order valence-corrected chi connectivity index (χ0v) is 21.2. The highest BCUT2D eigenvalue weighted by Gasteiger charge is 2.45. The van der Waals surface area contributed by atoms with Gasteiger partial charge in [-0.25, -0.2) is 12.8 Å². The predicted octanol–water partition coefficient (Wildman–Crippen LogP) is 3.84. The van der Waals surface area contributed by atoms with Crippen LogP contribution in [0.25, 0.3) is 0 Å². The number of hydrogen-bond acceptors (Lipinski definition) is 5. The van der Waals surface area contributed by atoms with Crippen LogP contribution in [0.5, 0.6) is 0 Å². The van der Waals surface area contributed by atoms with Crippen molar-refractivity contribution in [3.8, 4) is 0 Å². The van der Waals surface area contributed by atoms with Crippen molar-refractivity contribution in [1.82, 2.24) is 15.5 Å². The maximum absolute atomic E-state index is 14.3. The molecule has 1 aromatic rings. The molecule has 1 fully saturated rings. The molecule has 2 aliphatic rings. The lowest BCUT2D eigenvalue weighted by Crippen LogP contribution is -2.56. The van der Waals surface area contributed by atoms with Gasteiger partial charge in [0.1, 0.15) is 11.9 Å². The van der Waals surface area contributed by atoms with Gasteiger partial charge in [0.05, 0.1) is 24.0 Å². The summed E-state index contributed by atoms with van der Waals surface area (Å²) in [6.45, 7) is 4.23. The van der Waals surface area contributed by atoms with Crippen molar-refractivity contribution in [2.45, 2.75) is 57.4 Å². The molecule has 0 saturated carbocycles. The van der Waals surface area contributed by atoms with Crippen LogP contribution < -0.4 is 15.4 Å². The number of benzene rings is 1. The van der Waals surface area contributed by atoms with Crippen molar-refractivity contribution < 1.29 is 30.8 Å². The van der Waals surface area contributed by atoms with Gasteiger partial charge in [-0.3, -0.25) is 14.8 Å². The largest absolute Gasteiger partial charge is 0.412 e. The minimum atomic E-state index is -4.45. The zero-order chi connectivity index (χ0) is 26.7. The number of hydrogen-bond donors (Lipinski definition) is 3. The first-order valence-electron chi connectivity index (χ1n) is 11.8. The standard InChI is InChI=1S/C24H32F4N4O3S/c1-4-16-9-10-29-22(11-16)32-14-17(5-8-21(32)24(26,27)28)13-30-23(33)15(2)18-6-7-20(19(25)12-18)31-36(3,34)35/h5-8,12,14-16,21-22,29,31H,4,9-11,13H2,1-3H3,(H,30,33). The summed E-state index contributed by atoms with van der Waals surface area (Å²) < 4.78 is 80.2. The fourth-order valence-corrected chi connectivity index (χ4v) is 5.01. The van der Waals surface area contributed by atoms with Crippen molar-refractivity contribution >= 4 is 21.6 Å². The molecule has 0 bridgehead atoms. The van der Waals surface area contributed by atoms with Crippen molar-refractivity contribution in [2.75, 3.05) is 24.1 Å². The van der Waals surface area contributed by atoms with E-state index in [2.05, 4.69) is 15.4 Å². The fourth-order valence-electron chi connectivity index (χ4n) is 4.44. The van der Waals surface area contributed by atoms with Gasteiger partial charge in [0, 0.05) is 12.7 Å². The molecular formula is C24H32F4N4O3S. The molecule has 12 heteroatoms. The molecule has 7 nitrogen and oxygen atoms in total. The number of nitrogens with one attached hydrogen (secondary N) is 3. The highest BCUT2D eigenvalue weighted by Crippen LogP contribution is 2.33. The van der Waals surface area contributed by atoms with Crippen LogP contribution in [0, 0.1) is 11.7 Å². The molecular weight excluding hydrogens is 500 g/mol. The van der Waals surface area contributed by atoms with Crippen molar-refractivity contribution in [1.29, 1.82) is 0 Å². The Kier molecular flexibility index (Phi) is 8.71. The molecule has 4 unspecified atom stereocenters. The molecule has 3 N–H and O–H groups in total. The number of carbonyl (C=O) groups is 1. The van der Waals surface area contributed by atoms with E-state index >= 15 is 0 Å². The van der Waals surface area contributed by atoms with Crippen LogP contribution >= 0.6 is 0 Å². The van der Waals surface area contributed by atoms with Crippen LogP contribution in [-0.4, -0.2) is 57.0 Å². The number of amides is 1. The summed E-state index contributed by atoms with van der Waals surface area (Å²) >= 11 is 0. The average molecular weight is 533 g/mol. The summed E-state index contributed by atoms with van der Waals surface area (Å²) in [6.07, 6.45) is 2.32. The van der Waals surface area contributed by atoms with Crippen molar-refractivity contribution in [3.63, 3.8) is 0 Å². The topological polar surface area (TPSA) is 90.5 Å². The number of rotatable bonds is 8. The summed E-state index contributed by atoms with van der Waals surface area (Å²) in [5, 5.41) is 5.89. The van der Waals surface area contributed by atoms with Crippen LogP contribution in [0.3, 0.4) is 0 Å². The maximum Gasteiger partial charge on any atom is 0.412 e. The highest BCUT2D eigenvalue weighted by atomic mass is 32.2. The van der Waals surface area contributed by atoms with E-state index in [9.17, 15) is 30.8 Å². The molecule has 2 aliphatic heterocycles. The normalized spacial score (nSPS) is 23.7. The second kappa shape index (κ2) is 11.2. The number of anilines is 1. The fraction of sp³-hybridized carbons (Fsp3) is 0.542. The lowest BCUT2D eigenvalue weighted by Gasteiger charge is -2.43. The number of alkyl halides is 3. The summed E-state index contributed by atoms with van der Waals surface area (Å²) in [4.78, 5) is 14.0. The first-order chi connectivity index (χ1) is 16.8. The Bertz CT molecular complexity index is 1120. The Morgan fingerprint density at radius 2 is 2.03 bits per heavy atom. The minimum absolute atomic E-state index is 0.000869. The third kappa shape index (κ3) is 7.22. The minimum Gasteiger partial charge on any atom is -0.351 e. The third-order valence-corrected chi connectivity index (χ3v) is 7.13. The molecule has 2 heterocycles. The molecule has 200 valence electrons. The first-order valence-corrected chi connectivity index (χ1v) is 13.7. The average Bonchev–Trinajstić information content (AvgIpc) is 2.81. The maximum atomic E-state index is 14.3. The van der Waals surface area contributed by atoms with Crippen LogP contribution in [0.4, 0.5) is 23.2 Å². The number of carbonyl (C=O) groups excluding carboxylic acids is 1. The first kappa shape index (κ1) is 28.0. The van der Waals surface area contributed by atoms with Gasteiger partial charge in [-0.15, -0.1) is 0 Å². The van der Waals surface area contributed by atoms with E-state index in [1.807, 2.05) is 6.92 Å². The summed E-state index contributed by atoms with van der Waals surface area (Å²) in [6, 6.07) is 1.99. The van der Waals surface area contributed by atoms with Gasteiger partial charge in [0.15, 0.2) is 0 Å². The Hall–Kier alpha value is -2.60. The molecule has 0 aliphatic carbocycles. The van der Waals surface area contributed by atoms with Gasteiger partial charge in [-0.05, 0) is 55.5 Å². The van der Waals surface area contributed by atoms with Crippen molar-refractivity contribution in [2.24, 2.45) is 5.92 Å². The molecule has 0 aromatic heterocycles. The van der Waals surface area contributed by atoms with Gasteiger partial charge >= 0.3 is 6.18 Å². The zero-order valence-electron chi connectivity index (χ0n) is 20.4. The van der Waals surface area contributed by atoms with E-state index in [4.69, 9.17) is 0 Å². The van der Waals surface area contributed by atoms with Crippen LogP contribution in [0.1, 0.15) is 44.6 Å². The second-order valence-corrected chi connectivity index (χ2v) is 11.1. The number of piperidine rings is 1. The van der Waals surface area contributed by atoms with Crippen LogP contribution in [0.2, 0.25) is 0 Å². The number of halogens is 4.